The van der Waals surface area contributed by atoms with E-state index < -0.39 is 0 Å². The molecule has 0 unspecified atom stereocenters. The summed E-state index contributed by atoms with van der Waals surface area (Å²) in [4.78, 5) is 0. The fourth-order valence-corrected chi connectivity index (χ4v) is 3.52. The SMILES string of the molecule is CC(C)(C[CH]c1ccc(Br)cc1F)c1c(Cl)cccc1Cl. The first-order valence-corrected chi connectivity index (χ1v) is 8.09. The van der Waals surface area contributed by atoms with Gasteiger partial charge in [-0.05, 0) is 53.6 Å². The Kier molecular flexibility index (Phi) is 5.34. The lowest BCUT2D eigenvalue weighted by molar-refractivity contribution is 0.516. The van der Waals surface area contributed by atoms with Gasteiger partial charge >= 0.3 is 0 Å². The third-order valence-electron chi connectivity index (χ3n) is 3.43. The molecular weight excluding hydrogens is 374 g/mol. The molecule has 0 saturated carbocycles. The zero-order valence-electron chi connectivity index (χ0n) is 11.8. The molecule has 0 atom stereocenters. The summed E-state index contributed by atoms with van der Waals surface area (Å²) < 4.78 is 14.6. The third kappa shape index (κ3) is 4.00. The van der Waals surface area contributed by atoms with Crippen LogP contribution in [0.2, 0.25) is 10.0 Å². The molecule has 0 aliphatic rings. The van der Waals surface area contributed by atoms with Gasteiger partial charge < -0.3 is 0 Å². The highest BCUT2D eigenvalue weighted by molar-refractivity contribution is 9.10. The van der Waals surface area contributed by atoms with Gasteiger partial charge in [0, 0.05) is 14.5 Å². The Morgan fingerprint density at radius 1 is 1.14 bits per heavy atom. The van der Waals surface area contributed by atoms with Crippen LogP contribution >= 0.6 is 39.1 Å². The van der Waals surface area contributed by atoms with Crippen molar-refractivity contribution in [2.24, 2.45) is 0 Å². The van der Waals surface area contributed by atoms with E-state index in [-0.39, 0.29) is 11.2 Å². The third-order valence-corrected chi connectivity index (χ3v) is 4.56. The summed E-state index contributed by atoms with van der Waals surface area (Å²) >= 11 is 15.8. The topological polar surface area (TPSA) is 0 Å². The summed E-state index contributed by atoms with van der Waals surface area (Å²) in [7, 11) is 0. The predicted octanol–water partition coefficient (Wildman–Crippen LogP) is 6.82. The van der Waals surface area contributed by atoms with Crippen LogP contribution in [-0.2, 0) is 5.41 Å². The smallest absolute Gasteiger partial charge is 0.127 e. The molecule has 21 heavy (non-hydrogen) atoms. The highest BCUT2D eigenvalue weighted by Gasteiger charge is 2.26. The van der Waals surface area contributed by atoms with Gasteiger partial charge in [0.25, 0.3) is 0 Å². The molecule has 0 spiro atoms. The van der Waals surface area contributed by atoms with Gasteiger partial charge in [0.15, 0.2) is 0 Å². The Hall–Kier alpha value is -0.570. The van der Waals surface area contributed by atoms with Gasteiger partial charge in [0.05, 0.1) is 0 Å². The Labute approximate surface area is 143 Å². The van der Waals surface area contributed by atoms with E-state index in [0.29, 0.717) is 22.0 Å². The summed E-state index contributed by atoms with van der Waals surface area (Å²) in [6.45, 7) is 4.10. The molecule has 0 saturated heterocycles. The molecule has 0 amide bonds. The summed E-state index contributed by atoms with van der Waals surface area (Å²) in [5, 5.41) is 1.27. The molecule has 1 radical (unpaired) electrons. The largest absolute Gasteiger partial charge is 0.207 e. The Bertz CT molecular complexity index is 633. The first kappa shape index (κ1) is 16.8. The minimum Gasteiger partial charge on any atom is -0.207 e. The van der Waals surface area contributed by atoms with Crippen molar-refractivity contribution in [1.82, 2.24) is 0 Å². The van der Waals surface area contributed by atoms with Crippen LogP contribution in [0.1, 0.15) is 31.4 Å². The van der Waals surface area contributed by atoms with E-state index in [1.54, 1.807) is 6.07 Å². The standard InChI is InChI=1S/C17H15BrCl2F/c1-17(2,16-13(19)4-3-5-14(16)20)9-8-11-6-7-12(18)10-15(11)21/h3-8,10H,9H2,1-2H3. The highest BCUT2D eigenvalue weighted by atomic mass is 79.9. The maximum Gasteiger partial charge on any atom is 0.127 e. The minimum absolute atomic E-state index is 0.245. The molecule has 0 nitrogen and oxygen atoms in total. The van der Waals surface area contributed by atoms with Crippen LogP contribution in [0.3, 0.4) is 0 Å². The molecule has 0 bridgehead atoms. The zero-order chi connectivity index (χ0) is 15.6. The van der Waals surface area contributed by atoms with Crippen LogP contribution in [0.5, 0.6) is 0 Å². The van der Waals surface area contributed by atoms with Crippen molar-refractivity contribution in [2.75, 3.05) is 0 Å². The summed E-state index contributed by atoms with van der Waals surface area (Å²) in [5.74, 6) is -0.245. The van der Waals surface area contributed by atoms with E-state index in [9.17, 15) is 4.39 Å². The Morgan fingerprint density at radius 2 is 1.76 bits per heavy atom. The normalized spacial score (nSPS) is 11.7. The van der Waals surface area contributed by atoms with Gasteiger partial charge in [-0.2, -0.15) is 0 Å². The van der Waals surface area contributed by atoms with Crippen molar-refractivity contribution in [3.63, 3.8) is 0 Å². The van der Waals surface area contributed by atoms with Crippen LogP contribution in [-0.4, -0.2) is 0 Å². The van der Waals surface area contributed by atoms with Gasteiger partial charge in [0.2, 0.25) is 0 Å². The van der Waals surface area contributed by atoms with Crippen LogP contribution in [0.15, 0.2) is 40.9 Å². The second-order valence-electron chi connectivity index (χ2n) is 5.55. The molecule has 2 aromatic carbocycles. The van der Waals surface area contributed by atoms with Crippen LogP contribution in [0.4, 0.5) is 4.39 Å². The van der Waals surface area contributed by atoms with Crippen molar-refractivity contribution >= 4 is 39.1 Å². The summed E-state index contributed by atoms with van der Waals surface area (Å²) in [5.41, 5.74) is 1.19. The van der Waals surface area contributed by atoms with Gasteiger partial charge in [-0.3, -0.25) is 0 Å². The van der Waals surface area contributed by atoms with Crippen LogP contribution < -0.4 is 0 Å². The van der Waals surface area contributed by atoms with E-state index >= 15 is 0 Å². The number of hydrogen-bond donors (Lipinski definition) is 0. The van der Waals surface area contributed by atoms with Gasteiger partial charge in [-0.15, -0.1) is 0 Å². The average Bonchev–Trinajstić information content (AvgIpc) is 2.37. The predicted molar refractivity (Wildman–Crippen MR) is 91.6 cm³/mol. The fraction of sp³-hybridized carbons (Fsp3) is 0.235. The molecule has 111 valence electrons. The molecule has 0 aliphatic heterocycles. The second-order valence-corrected chi connectivity index (χ2v) is 7.28. The molecule has 0 N–H and O–H groups in total. The summed E-state index contributed by atoms with van der Waals surface area (Å²) in [6.07, 6.45) is 2.51. The van der Waals surface area contributed by atoms with Crippen molar-refractivity contribution in [2.45, 2.75) is 25.7 Å². The van der Waals surface area contributed by atoms with Gasteiger partial charge in [-0.25, -0.2) is 4.39 Å². The molecule has 0 fully saturated rings. The molecule has 2 rings (SSSR count). The fourth-order valence-electron chi connectivity index (χ4n) is 2.28. The minimum atomic E-state index is -0.283. The zero-order valence-corrected chi connectivity index (χ0v) is 14.9. The summed E-state index contributed by atoms with van der Waals surface area (Å²) in [6, 6.07) is 10.5. The number of rotatable bonds is 4. The van der Waals surface area contributed by atoms with Crippen molar-refractivity contribution < 1.29 is 4.39 Å². The van der Waals surface area contributed by atoms with E-state index in [2.05, 4.69) is 15.9 Å². The maximum absolute atomic E-state index is 13.9. The second kappa shape index (κ2) is 6.68. The van der Waals surface area contributed by atoms with Gasteiger partial charge in [-0.1, -0.05) is 65.1 Å². The Morgan fingerprint density at radius 3 is 2.33 bits per heavy atom. The van der Waals surface area contributed by atoms with Crippen molar-refractivity contribution in [3.05, 3.63) is 74.3 Å². The van der Waals surface area contributed by atoms with Crippen LogP contribution in [0.25, 0.3) is 0 Å². The van der Waals surface area contributed by atoms with E-state index in [1.165, 1.54) is 6.07 Å². The van der Waals surface area contributed by atoms with Crippen molar-refractivity contribution in [1.29, 1.82) is 0 Å². The number of benzene rings is 2. The lowest BCUT2D eigenvalue weighted by Crippen LogP contribution is -2.19. The van der Waals surface area contributed by atoms with E-state index in [1.807, 2.05) is 44.5 Å². The Balaban J connectivity index is 2.21. The molecule has 0 aliphatic carbocycles. The number of halogens is 4. The quantitative estimate of drug-likeness (QED) is 0.539. The maximum atomic E-state index is 13.9. The molecule has 2 aromatic rings. The van der Waals surface area contributed by atoms with Crippen molar-refractivity contribution in [3.8, 4) is 0 Å². The van der Waals surface area contributed by atoms with E-state index in [0.717, 1.165) is 10.0 Å². The molecule has 0 aromatic heterocycles. The van der Waals surface area contributed by atoms with Crippen LogP contribution in [0, 0.1) is 12.2 Å². The molecular formula is C17H15BrCl2F. The lowest BCUT2D eigenvalue weighted by atomic mass is 9.79. The average molecular weight is 389 g/mol. The molecule has 4 heteroatoms. The first-order chi connectivity index (χ1) is 9.81. The van der Waals surface area contributed by atoms with Gasteiger partial charge in [0.1, 0.15) is 5.82 Å². The monoisotopic (exact) mass is 387 g/mol. The molecule has 0 heterocycles. The van der Waals surface area contributed by atoms with E-state index in [4.69, 9.17) is 23.2 Å². The highest BCUT2D eigenvalue weighted by Crippen LogP contribution is 2.39. The number of hydrogen-bond acceptors (Lipinski definition) is 0. The lowest BCUT2D eigenvalue weighted by Gasteiger charge is -2.27. The first-order valence-electron chi connectivity index (χ1n) is 6.54.